The standard InChI is InChI=1S/C14H20ClN3/c1-10-12(8-5-9-13(10)15)14(18-16)17-11-6-3-2-4-7-11/h5,8-9,11H,2-4,6-7,16H2,1H3,(H,17,18). The van der Waals surface area contributed by atoms with Crippen LogP contribution in [0.15, 0.2) is 23.2 Å². The van der Waals surface area contributed by atoms with Gasteiger partial charge >= 0.3 is 0 Å². The highest BCUT2D eigenvalue weighted by Crippen LogP contribution is 2.23. The van der Waals surface area contributed by atoms with Crippen molar-refractivity contribution < 1.29 is 0 Å². The molecule has 18 heavy (non-hydrogen) atoms. The second-order valence-electron chi connectivity index (χ2n) is 4.83. The lowest BCUT2D eigenvalue weighted by molar-refractivity contribution is 0.442. The van der Waals surface area contributed by atoms with Gasteiger partial charge in [0.25, 0.3) is 0 Å². The molecule has 1 saturated carbocycles. The van der Waals surface area contributed by atoms with Crippen LogP contribution >= 0.6 is 11.6 Å². The van der Waals surface area contributed by atoms with Crippen molar-refractivity contribution in [3.63, 3.8) is 0 Å². The van der Waals surface area contributed by atoms with Crippen molar-refractivity contribution in [2.45, 2.75) is 45.1 Å². The lowest BCUT2D eigenvalue weighted by Crippen LogP contribution is -2.33. The molecule has 0 spiro atoms. The van der Waals surface area contributed by atoms with Crippen molar-refractivity contribution >= 4 is 17.4 Å². The number of aliphatic imine (C=N–C) groups is 1. The fourth-order valence-electron chi connectivity index (χ4n) is 2.44. The molecular weight excluding hydrogens is 246 g/mol. The van der Waals surface area contributed by atoms with Crippen molar-refractivity contribution in [1.29, 1.82) is 0 Å². The van der Waals surface area contributed by atoms with Crippen LogP contribution in [0.25, 0.3) is 0 Å². The number of hydrogen-bond acceptors (Lipinski definition) is 2. The zero-order valence-corrected chi connectivity index (χ0v) is 11.5. The summed E-state index contributed by atoms with van der Waals surface area (Å²) >= 11 is 6.13. The van der Waals surface area contributed by atoms with Gasteiger partial charge in [-0.3, -0.25) is 4.99 Å². The van der Waals surface area contributed by atoms with E-state index in [1.165, 1.54) is 19.3 Å². The van der Waals surface area contributed by atoms with Gasteiger partial charge in [-0.15, -0.1) is 0 Å². The number of hydrazine groups is 1. The second-order valence-corrected chi connectivity index (χ2v) is 5.23. The Hall–Kier alpha value is -1.06. The minimum Gasteiger partial charge on any atom is -0.308 e. The molecule has 1 aliphatic rings. The molecule has 1 aliphatic carbocycles. The van der Waals surface area contributed by atoms with Crippen LogP contribution in [0.2, 0.25) is 5.02 Å². The molecule has 2 rings (SSSR count). The summed E-state index contributed by atoms with van der Waals surface area (Å²) in [7, 11) is 0. The summed E-state index contributed by atoms with van der Waals surface area (Å²) in [5.74, 6) is 6.37. The number of nitrogens with one attached hydrogen (secondary N) is 1. The normalized spacial score (nSPS) is 17.8. The van der Waals surface area contributed by atoms with E-state index in [0.29, 0.717) is 6.04 Å². The Morgan fingerprint density at radius 3 is 2.72 bits per heavy atom. The molecule has 3 N–H and O–H groups in total. The maximum atomic E-state index is 6.13. The van der Waals surface area contributed by atoms with Gasteiger partial charge in [-0.2, -0.15) is 0 Å². The average molecular weight is 266 g/mol. The maximum absolute atomic E-state index is 6.13. The number of nitrogens with two attached hydrogens (primary N) is 1. The highest BCUT2D eigenvalue weighted by atomic mass is 35.5. The molecule has 1 fully saturated rings. The van der Waals surface area contributed by atoms with Crippen LogP contribution in [-0.2, 0) is 0 Å². The molecule has 0 unspecified atom stereocenters. The van der Waals surface area contributed by atoms with Gasteiger partial charge in [0.2, 0.25) is 0 Å². The summed E-state index contributed by atoms with van der Waals surface area (Å²) in [4.78, 5) is 4.75. The number of hydrogen-bond donors (Lipinski definition) is 2. The van der Waals surface area contributed by atoms with E-state index in [9.17, 15) is 0 Å². The number of benzene rings is 1. The monoisotopic (exact) mass is 265 g/mol. The first-order chi connectivity index (χ1) is 8.72. The molecule has 0 aliphatic heterocycles. The summed E-state index contributed by atoms with van der Waals surface area (Å²) in [6.45, 7) is 1.99. The van der Waals surface area contributed by atoms with Gasteiger partial charge < -0.3 is 5.43 Å². The van der Waals surface area contributed by atoms with Gasteiger partial charge in [0.15, 0.2) is 0 Å². The van der Waals surface area contributed by atoms with Crippen molar-refractivity contribution in [2.75, 3.05) is 0 Å². The smallest absolute Gasteiger partial charge is 0.143 e. The highest BCUT2D eigenvalue weighted by Gasteiger charge is 2.15. The lowest BCUT2D eigenvalue weighted by Gasteiger charge is -2.20. The molecule has 98 valence electrons. The minimum absolute atomic E-state index is 0.392. The van der Waals surface area contributed by atoms with E-state index in [0.717, 1.165) is 34.8 Å². The van der Waals surface area contributed by atoms with Gasteiger partial charge in [0.05, 0.1) is 6.04 Å². The van der Waals surface area contributed by atoms with Crippen LogP contribution < -0.4 is 11.3 Å². The molecule has 3 nitrogen and oxygen atoms in total. The topological polar surface area (TPSA) is 50.4 Å². The predicted octanol–water partition coefficient (Wildman–Crippen LogP) is 3.19. The number of rotatable bonds is 2. The van der Waals surface area contributed by atoms with Crippen LogP contribution in [0.5, 0.6) is 0 Å². The Balaban J connectivity index is 2.26. The molecule has 0 amide bonds. The fraction of sp³-hybridized carbons (Fsp3) is 0.500. The van der Waals surface area contributed by atoms with E-state index in [-0.39, 0.29) is 0 Å². The largest absolute Gasteiger partial charge is 0.308 e. The Bertz CT molecular complexity index is 437. The van der Waals surface area contributed by atoms with E-state index in [1.807, 2.05) is 25.1 Å². The zero-order valence-electron chi connectivity index (χ0n) is 10.7. The number of nitrogens with zero attached hydrogens (tertiary/aromatic N) is 1. The third-order valence-corrected chi connectivity index (χ3v) is 3.96. The third-order valence-electron chi connectivity index (χ3n) is 3.55. The van der Waals surface area contributed by atoms with Crippen molar-refractivity contribution in [2.24, 2.45) is 10.8 Å². The molecule has 4 heteroatoms. The van der Waals surface area contributed by atoms with Crippen LogP contribution in [-0.4, -0.2) is 11.9 Å². The Morgan fingerprint density at radius 1 is 1.33 bits per heavy atom. The summed E-state index contributed by atoms with van der Waals surface area (Å²) in [5.41, 5.74) is 4.74. The van der Waals surface area contributed by atoms with E-state index in [2.05, 4.69) is 5.43 Å². The second kappa shape index (κ2) is 6.21. The van der Waals surface area contributed by atoms with Gasteiger partial charge in [-0.25, -0.2) is 5.84 Å². The SMILES string of the molecule is Cc1c(Cl)cccc1C(=NC1CCCCC1)NN. The first-order valence-corrected chi connectivity index (χ1v) is 6.90. The van der Waals surface area contributed by atoms with Gasteiger partial charge in [0, 0.05) is 10.6 Å². The highest BCUT2D eigenvalue weighted by molar-refractivity contribution is 6.31. The molecule has 1 aromatic rings. The fourth-order valence-corrected chi connectivity index (χ4v) is 2.62. The predicted molar refractivity (Wildman–Crippen MR) is 76.9 cm³/mol. The molecular formula is C14H20ClN3. The van der Waals surface area contributed by atoms with Gasteiger partial charge in [-0.05, 0) is 31.4 Å². The summed E-state index contributed by atoms with van der Waals surface area (Å²) in [5, 5.41) is 0.749. The van der Waals surface area contributed by atoms with E-state index >= 15 is 0 Å². The first kappa shape index (κ1) is 13.4. The van der Waals surface area contributed by atoms with Gasteiger partial charge in [-0.1, -0.05) is 43.0 Å². The van der Waals surface area contributed by atoms with Crippen LogP contribution in [0.1, 0.15) is 43.2 Å². The number of amidine groups is 1. The van der Waals surface area contributed by atoms with Crippen molar-refractivity contribution in [1.82, 2.24) is 5.43 Å². The summed E-state index contributed by atoms with van der Waals surface area (Å²) in [6.07, 6.45) is 6.17. The van der Waals surface area contributed by atoms with E-state index in [1.54, 1.807) is 0 Å². The Labute approximate surface area is 113 Å². The van der Waals surface area contributed by atoms with Crippen LogP contribution in [0.4, 0.5) is 0 Å². The first-order valence-electron chi connectivity index (χ1n) is 6.52. The van der Waals surface area contributed by atoms with Gasteiger partial charge in [0.1, 0.15) is 5.84 Å². The van der Waals surface area contributed by atoms with Crippen LogP contribution in [0, 0.1) is 6.92 Å². The van der Waals surface area contributed by atoms with E-state index in [4.69, 9.17) is 22.4 Å². The quantitative estimate of drug-likeness (QED) is 0.373. The van der Waals surface area contributed by atoms with Crippen molar-refractivity contribution in [3.05, 3.63) is 34.3 Å². The zero-order chi connectivity index (χ0) is 13.0. The molecule has 0 saturated heterocycles. The summed E-state index contributed by atoms with van der Waals surface area (Å²) < 4.78 is 0. The molecule has 1 aromatic carbocycles. The Morgan fingerprint density at radius 2 is 2.06 bits per heavy atom. The maximum Gasteiger partial charge on any atom is 0.143 e. The van der Waals surface area contributed by atoms with Crippen LogP contribution in [0.3, 0.4) is 0 Å². The molecule has 0 heterocycles. The summed E-state index contributed by atoms with van der Waals surface area (Å²) in [6, 6.07) is 6.21. The molecule has 0 aromatic heterocycles. The molecule has 0 radical (unpaired) electrons. The number of halogens is 1. The van der Waals surface area contributed by atoms with E-state index < -0.39 is 0 Å². The molecule has 0 bridgehead atoms. The average Bonchev–Trinajstić information content (AvgIpc) is 2.41. The minimum atomic E-state index is 0.392. The van der Waals surface area contributed by atoms with Crippen molar-refractivity contribution in [3.8, 4) is 0 Å². The molecule has 0 atom stereocenters. The third kappa shape index (κ3) is 3.03. The Kier molecular flexibility index (Phi) is 4.61. The lowest BCUT2D eigenvalue weighted by atomic mass is 9.96.